The second kappa shape index (κ2) is 12.6. The van der Waals surface area contributed by atoms with Crippen LogP contribution in [0.15, 0.2) is 76.7 Å². The van der Waals surface area contributed by atoms with Gasteiger partial charge in [0.15, 0.2) is 0 Å². The first-order valence-corrected chi connectivity index (χ1v) is 13.4. The Balaban J connectivity index is 1.77. The Morgan fingerprint density at radius 2 is 1.76 bits per heavy atom. The number of hydrazone groups is 1. The molecule has 0 spiro atoms. The fraction of sp³-hybridized carbons (Fsp3) is 0.259. The van der Waals surface area contributed by atoms with Gasteiger partial charge in [-0.25, -0.2) is 13.8 Å². The molecule has 8 nitrogen and oxygen atoms in total. The van der Waals surface area contributed by atoms with E-state index in [1.165, 1.54) is 37.6 Å². The Morgan fingerprint density at radius 3 is 2.35 bits per heavy atom. The predicted octanol–water partition coefficient (Wildman–Crippen LogP) is 5.04. The van der Waals surface area contributed by atoms with Gasteiger partial charge in [0.05, 0.1) is 35.5 Å². The molecule has 0 aliphatic rings. The lowest BCUT2D eigenvalue weighted by molar-refractivity contribution is -0.119. The summed E-state index contributed by atoms with van der Waals surface area (Å²) in [7, 11) is -2.63. The summed E-state index contributed by atoms with van der Waals surface area (Å²) < 4.78 is 38.8. The lowest BCUT2D eigenvalue weighted by Crippen LogP contribution is -2.39. The van der Waals surface area contributed by atoms with Crippen molar-refractivity contribution in [3.05, 3.63) is 82.9 Å². The molecule has 0 unspecified atom stereocenters. The molecule has 196 valence electrons. The van der Waals surface area contributed by atoms with Crippen molar-refractivity contribution >= 4 is 39.4 Å². The third-order valence-electron chi connectivity index (χ3n) is 5.19. The fourth-order valence-corrected chi connectivity index (χ4v) is 4.89. The number of amides is 1. The Bertz CT molecular complexity index is 1340. The standard InChI is InChI=1S/C27H30ClN3O5S/c1-19(2)18-36-23-10-7-21(8-11-23)16-29-30-27(32)17-31(22-9-14-26(35-4)25(28)15-22)37(33,34)24-12-5-20(3)6-13-24/h5-16,19H,17-18H2,1-4H3,(H,30,32)/b29-16-. The van der Waals surface area contributed by atoms with E-state index in [0.29, 0.717) is 18.3 Å². The quantitative estimate of drug-likeness (QED) is 0.270. The van der Waals surface area contributed by atoms with E-state index < -0.39 is 22.5 Å². The van der Waals surface area contributed by atoms with Gasteiger partial charge in [0.25, 0.3) is 15.9 Å². The topological polar surface area (TPSA) is 97.3 Å². The van der Waals surface area contributed by atoms with Gasteiger partial charge in [-0.15, -0.1) is 0 Å². The molecule has 0 aromatic heterocycles. The molecule has 0 aliphatic carbocycles. The Labute approximate surface area is 222 Å². The molecule has 0 radical (unpaired) electrons. The molecule has 0 fully saturated rings. The van der Waals surface area contributed by atoms with Crippen molar-refractivity contribution in [1.82, 2.24) is 5.43 Å². The second-order valence-corrected chi connectivity index (χ2v) is 11.0. The maximum atomic E-state index is 13.5. The molecule has 3 aromatic rings. The number of methoxy groups -OCH3 is 1. The van der Waals surface area contributed by atoms with Gasteiger partial charge >= 0.3 is 0 Å². The average molecular weight is 544 g/mol. The van der Waals surface area contributed by atoms with Crippen LogP contribution < -0.4 is 19.2 Å². The molecule has 1 N–H and O–H groups in total. The number of carbonyl (C=O) groups is 1. The van der Waals surface area contributed by atoms with E-state index in [1.807, 2.05) is 19.1 Å². The summed E-state index contributed by atoms with van der Waals surface area (Å²) in [4.78, 5) is 12.8. The molecule has 0 aliphatic heterocycles. The Morgan fingerprint density at radius 1 is 1.08 bits per heavy atom. The van der Waals surface area contributed by atoms with Crippen molar-refractivity contribution in [2.24, 2.45) is 11.0 Å². The maximum absolute atomic E-state index is 13.5. The molecule has 3 aromatic carbocycles. The van der Waals surface area contributed by atoms with E-state index in [4.69, 9.17) is 21.1 Å². The summed E-state index contributed by atoms with van der Waals surface area (Å²) in [5, 5.41) is 4.18. The van der Waals surface area contributed by atoms with E-state index in [0.717, 1.165) is 21.2 Å². The van der Waals surface area contributed by atoms with E-state index in [9.17, 15) is 13.2 Å². The monoisotopic (exact) mass is 543 g/mol. The predicted molar refractivity (Wildman–Crippen MR) is 146 cm³/mol. The minimum atomic E-state index is -4.09. The molecule has 0 saturated carbocycles. The van der Waals surface area contributed by atoms with Crippen LogP contribution in [0.5, 0.6) is 11.5 Å². The van der Waals surface area contributed by atoms with E-state index >= 15 is 0 Å². The average Bonchev–Trinajstić information content (AvgIpc) is 2.87. The number of hydrogen-bond donors (Lipinski definition) is 1. The van der Waals surface area contributed by atoms with Crippen molar-refractivity contribution in [3.8, 4) is 11.5 Å². The van der Waals surface area contributed by atoms with Gasteiger partial charge in [0.1, 0.15) is 18.0 Å². The SMILES string of the molecule is COc1ccc(N(CC(=O)N/N=C\c2ccc(OCC(C)C)cc2)S(=O)(=O)c2ccc(C)cc2)cc1Cl. The normalized spacial score (nSPS) is 11.5. The molecule has 0 saturated heterocycles. The van der Waals surface area contributed by atoms with Crippen LogP contribution in [0.25, 0.3) is 0 Å². The highest BCUT2D eigenvalue weighted by atomic mass is 35.5. The first-order valence-electron chi connectivity index (χ1n) is 11.6. The minimum Gasteiger partial charge on any atom is -0.495 e. The van der Waals surface area contributed by atoms with Gasteiger partial charge in [-0.05, 0) is 73.0 Å². The number of rotatable bonds is 11. The Kier molecular flexibility index (Phi) is 9.54. The van der Waals surface area contributed by atoms with Crippen LogP contribution in [0.3, 0.4) is 0 Å². The third kappa shape index (κ3) is 7.71. The summed E-state index contributed by atoms with van der Waals surface area (Å²) in [6.07, 6.45) is 1.47. The minimum absolute atomic E-state index is 0.0427. The highest BCUT2D eigenvalue weighted by molar-refractivity contribution is 7.92. The molecular weight excluding hydrogens is 514 g/mol. The van der Waals surface area contributed by atoms with Crippen LogP contribution in [-0.2, 0) is 14.8 Å². The van der Waals surface area contributed by atoms with E-state index in [2.05, 4.69) is 24.4 Å². The summed E-state index contributed by atoms with van der Waals surface area (Å²) >= 11 is 6.25. The van der Waals surface area contributed by atoms with Gasteiger partial charge in [-0.2, -0.15) is 5.10 Å². The number of hydrogen-bond acceptors (Lipinski definition) is 6. The number of ether oxygens (including phenoxy) is 2. The summed E-state index contributed by atoms with van der Waals surface area (Å²) in [6, 6.07) is 18.1. The van der Waals surface area contributed by atoms with Gasteiger partial charge in [0.2, 0.25) is 0 Å². The van der Waals surface area contributed by atoms with Crippen molar-refractivity contribution in [2.75, 3.05) is 24.6 Å². The van der Waals surface area contributed by atoms with Crippen LogP contribution in [0.1, 0.15) is 25.0 Å². The zero-order chi connectivity index (χ0) is 27.0. The van der Waals surface area contributed by atoms with Gasteiger partial charge in [0, 0.05) is 0 Å². The van der Waals surface area contributed by atoms with Crippen molar-refractivity contribution in [3.63, 3.8) is 0 Å². The van der Waals surface area contributed by atoms with Gasteiger partial charge in [-0.1, -0.05) is 43.1 Å². The molecule has 0 heterocycles. The maximum Gasteiger partial charge on any atom is 0.264 e. The smallest absolute Gasteiger partial charge is 0.264 e. The van der Waals surface area contributed by atoms with Crippen LogP contribution in [0, 0.1) is 12.8 Å². The lowest BCUT2D eigenvalue weighted by Gasteiger charge is -2.24. The third-order valence-corrected chi connectivity index (χ3v) is 7.27. The lowest BCUT2D eigenvalue weighted by atomic mass is 10.2. The number of anilines is 1. The molecule has 3 rings (SSSR count). The number of nitrogens with one attached hydrogen (secondary N) is 1. The zero-order valence-corrected chi connectivity index (χ0v) is 22.7. The number of carbonyl (C=O) groups excluding carboxylic acids is 1. The fourth-order valence-electron chi connectivity index (χ4n) is 3.22. The molecule has 0 atom stereocenters. The first kappa shape index (κ1) is 28.0. The Hall–Kier alpha value is -3.56. The van der Waals surface area contributed by atoms with Crippen molar-refractivity contribution < 1.29 is 22.7 Å². The molecule has 10 heteroatoms. The summed E-state index contributed by atoms with van der Waals surface area (Å²) in [5.41, 5.74) is 4.25. The number of benzene rings is 3. The number of sulfonamides is 1. The van der Waals surface area contributed by atoms with Gasteiger partial charge < -0.3 is 9.47 Å². The van der Waals surface area contributed by atoms with E-state index in [-0.39, 0.29) is 15.6 Å². The van der Waals surface area contributed by atoms with Crippen LogP contribution >= 0.6 is 11.6 Å². The van der Waals surface area contributed by atoms with Crippen LogP contribution in [0.2, 0.25) is 5.02 Å². The van der Waals surface area contributed by atoms with Crippen LogP contribution in [-0.4, -0.2) is 40.8 Å². The molecule has 37 heavy (non-hydrogen) atoms. The van der Waals surface area contributed by atoms with Crippen molar-refractivity contribution in [1.29, 1.82) is 0 Å². The van der Waals surface area contributed by atoms with Crippen LogP contribution in [0.4, 0.5) is 5.69 Å². The largest absolute Gasteiger partial charge is 0.495 e. The summed E-state index contributed by atoms with van der Waals surface area (Å²) in [6.45, 7) is 6.10. The molecular formula is C27H30ClN3O5S. The number of halogens is 1. The molecule has 0 bridgehead atoms. The van der Waals surface area contributed by atoms with E-state index in [1.54, 1.807) is 30.3 Å². The van der Waals surface area contributed by atoms with Crippen molar-refractivity contribution in [2.45, 2.75) is 25.7 Å². The first-order chi connectivity index (χ1) is 17.6. The number of nitrogens with zero attached hydrogens (tertiary/aromatic N) is 2. The highest BCUT2D eigenvalue weighted by Gasteiger charge is 2.27. The molecule has 1 amide bonds. The van der Waals surface area contributed by atoms with Gasteiger partial charge in [-0.3, -0.25) is 9.10 Å². The second-order valence-electron chi connectivity index (χ2n) is 8.71. The zero-order valence-electron chi connectivity index (χ0n) is 21.1. The highest BCUT2D eigenvalue weighted by Crippen LogP contribution is 2.32. The number of aryl methyl sites for hydroxylation is 1. The summed E-state index contributed by atoms with van der Waals surface area (Å²) in [5.74, 6) is 0.910.